The summed E-state index contributed by atoms with van der Waals surface area (Å²) < 4.78 is 66.1. The SMILES string of the molecule is O=S(=O)([O-])c1ccc(N=Nc2ccc(N=Nc3ccc(N=Nc4ccc(N=Nc5ccc(S(=O)(=O)[O-])cc5)cc4)cc3)cc2)cc1. The smallest absolute Gasteiger partial charge is 0.124 e. The molecule has 0 bridgehead atoms. The average Bonchev–Trinajstić information content (AvgIpc) is 3.05. The molecule has 46 heavy (non-hydrogen) atoms. The molecule has 16 heteroatoms. The zero-order valence-electron chi connectivity index (χ0n) is 23.4. The number of azo groups is 4. The second kappa shape index (κ2) is 14.0. The van der Waals surface area contributed by atoms with Crippen LogP contribution in [-0.2, 0) is 20.2 Å². The highest BCUT2D eigenvalue weighted by Gasteiger charge is 2.02. The van der Waals surface area contributed by atoms with Crippen molar-refractivity contribution in [2.45, 2.75) is 9.79 Å². The molecule has 0 saturated carbocycles. The molecule has 230 valence electrons. The molecule has 0 atom stereocenters. The van der Waals surface area contributed by atoms with E-state index in [4.69, 9.17) is 0 Å². The van der Waals surface area contributed by atoms with Crippen molar-refractivity contribution in [2.75, 3.05) is 0 Å². The van der Waals surface area contributed by atoms with Gasteiger partial charge < -0.3 is 9.11 Å². The van der Waals surface area contributed by atoms with E-state index in [9.17, 15) is 25.9 Å². The van der Waals surface area contributed by atoms with Crippen molar-refractivity contribution in [3.63, 3.8) is 0 Å². The summed E-state index contributed by atoms with van der Waals surface area (Å²) in [5.74, 6) is 0. The Morgan fingerprint density at radius 3 is 0.543 bits per heavy atom. The van der Waals surface area contributed by atoms with E-state index in [1.165, 1.54) is 48.5 Å². The van der Waals surface area contributed by atoms with Crippen molar-refractivity contribution >= 4 is 65.7 Å². The van der Waals surface area contributed by atoms with Crippen molar-refractivity contribution in [3.8, 4) is 0 Å². The summed E-state index contributed by atoms with van der Waals surface area (Å²) in [6, 6.07) is 30.8. The molecular weight excluding hydrogens is 633 g/mol. The van der Waals surface area contributed by atoms with Gasteiger partial charge in [-0.1, -0.05) is 0 Å². The largest absolute Gasteiger partial charge is 0.744 e. The monoisotopic (exact) mass is 652 g/mol. The third kappa shape index (κ3) is 9.16. The van der Waals surface area contributed by atoms with Gasteiger partial charge in [0.15, 0.2) is 0 Å². The molecule has 0 amide bonds. The van der Waals surface area contributed by atoms with Crippen molar-refractivity contribution < 1.29 is 25.9 Å². The van der Waals surface area contributed by atoms with Gasteiger partial charge in [0.1, 0.15) is 20.2 Å². The quantitative estimate of drug-likeness (QED) is 0.106. The lowest BCUT2D eigenvalue weighted by atomic mass is 10.3. The molecule has 0 aliphatic rings. The van der Waals surface area contributed by atoms with E-state index in [1.807, 2.05) is 0 Å². The van der Waals surface area contributed by atoms with E-state index in [-0.39, 0.29) is 9.79 Å². The van der Waals surface area contributed by atoms with Gasteiger partial charge in [0.25, 0.3) is 0 Å². The Hall–Kier alpha value is -5.68. The first-order chi connectivity index (χ1) is 22.0. The van der Waals surface area contributed by atoms with Crippen molar-refractivity contribution in [1.29, 1.82) is 0 Å². The van der Waals surface area contributed by atoms with Crippen LogP contribution in [0.15, 0.2) is 172 Å². The molecule has 0 radical (unpaired) electrons. The Morgan fingerprint density at radius 2 is 0.413 bits per heavy atom. The lowest BCUT2D eigenvalue weighted by Gasteiger charge is -2.05. The Labute approximate surface area is 263 Å². The van der Waals surface area contributed by atoms with Gasteiger partial charge in [0.05, 0.1) is 55.3 Å². The fraction of sp³-hybridized carbons (Fsp3) is 0. The maximum atomic E-state index is 11.0. The van der Waals surface area contributed by atoms with Crippen molar-refractivity contribution in [2.24, 2.45) is 40.9 Å². The first-order valence-electron chi connectivity index (χ1n) is 13.1. The van der Waals surface area contributed by atoms with Crippen LogP contribution in [0, 0.1) is 0 Å². The highest BCUT2D eigenvalue weighted by molar-refractivity contribution is 7.86. The number of nitrogens with zero attached hydrogens (tertiary/aromatic N) is 8. The molecule has 0 spiro atoms. The van der Waals surface area contributed by atoms with Gasteiger partial charge in [0.2, 0.25) is 0 Å². The van der Waals surface area contributed by atoms with E-state index in [0.29, 0.717) is 45.5 Å². The van der Waals surface area contributed by atoms with Crippen LogP contribution >= 0.6 is 0 Å². The summed E-state index contributed by atoms with van der Waals surface area (Å²) in [5.41, 5.74) is 4.24. The minimum Gasteiger partial charge on any atom is -0.744 e. The Kier molecular flexibility index (Phi) is 9.63. The number of hydrogen-bond donors (Lipinski definition) is 0. The van der Waals surface area contributed by atoms with Crippen LogP contribution in [0.4, 0.5) is 45.5 Å². The molecule has 5 aromatic carbocycles. The maximum absolute atomic E-state index is 11.0. The van der Waals surface area contributed by atoms with Gasteiger partial charge in [0, 0.05) is 0 Å². The van der Waals surface area contributed by atoms with Gasteiger partial charge >= 0.3 is 0 Å². The fourth-order valence-electron chi connectivity index (χ4n) is 3.58. The molecule has 5 rings (SSSR count). The second-order valence-corrected chi connectivity index (χ2v) is 12.0. The van der Waals surface area contributed by atoms with Gasteiger partial charge in [-0.05, 0) is 121 Å². The minimum atomic E-state index is -4.52. The van der Waals surface area contributed by atoms with Crippen LogP contribution in [-0.4, -0.2) is 25.9 Å². The van der Waals surface area contributed by atoms with Crippen molar-refractivity contribution in [1.82, 2.24) is 0 Å². The highest BCUT2D eigenvalue weighted by Crippen LogP contribution is 2.27. The van der Waals surface area contributed by atoms with Crippen LogP contribution in [0.3, 0.4) is 0 Å². The first-order valence-corrected chi connectivity index (χ1v) is 15.9. The van der Waals surface area contributed by atoms with E-state index < -0.39 is 20.2 Å². The molecule has 0 aliphatic heterocycles. The van der Waals surface area contributed by atoms with Crippen LogP contribution in [0.25, 0.3) is 0 Å². The molecule has 0 aliphatic carbocycles. The second-order valence-electron chi connectivity index (χ2n) is 9.25. The van der Waals surface area contributed by atoms with Crippen LogP contribution < -0.4 is 0 Å². The fourth-order valence-corrected chi connectivity index (χ4v) is 4.52. The minimum absolute atomic E-state index is 0.336. The Balaban J connectivity index is 1.12. The van der Waals surface area contributed by atoms with Gasteiger partial charge in [-0.3, -0.25) is 0 Å². The lowest BCUT2D eigenvalue weighted by Crippen LogP contribution is -1.97. The first kappa shape index (κ1) is 31.7. The number of hydrogen-bond acceptors (Lipinski definition) is 14. The third-order valence-electron chi connectivity index (χ3n) is 5.92. The third-order valence-corrected chi connectivity index (χ3v) is 7.62. The summed E-state index contributed by atoms with van der Waals surface area (Å²) >= 11 is 0. The number of benzene rings is 5. The topological polar surface area (TPSA) is 213 Å². The summed E-state index contributed by atoms with van der Waals surface area (Å²) in [6.07, 6.45) is 0. The number of rotatable bonds is 10. The van der Waals surface area contributed by atoms with Gasteiger partial charge in [-0.2, -0.15) is 40.9 Å². The molecule has 0 N–H and O–H groups in total. The van der Waals surface area contributed by atoms with E-state index >= 15 is 0 Å². The standard InChI is InChI=1S/C30H22N8O6S2/c39-45(40,41)29-17-13-27(14-18-29)37-35-25-9-5-23(6-10-25)33-31-21-1-2-22(4-3-21)32-34-24-7-11-26(12-8-24)36-38-28-15-19-30(20-16-28)46(42,43)44/h1-20H,(H,39,40,41)(H,42,43,44)/p-2. The van der Waals surface area contributed by atoms with E-state index in [2.05, 4.69) is 40.9 Å². The molecule has 0 fully saturated rings. The molecule has 0 unspecified atom stereocenters. The molecule has 5 aromatic rings. The zero-order chi connectivity index (χ0) is 32.6. The average molecular weight is 653 g/mol. The van der Waals surface area contributed by atoms with Crippen LogP contribution in [0.2, 0.25) is 0 Å². The normalized spacial score (nSPS) is 12.6. The van der Waals surface area contributed by atoms with Crippen LogP contribution in [0.5, 0.6) is 0 Å². The summed E-state index contributed by atoms with van der Waals surface area (Å²) in [5, 5.41) is 33.1. The van der Waals surface area contributed by atoms with Crippen LogP contribution in [0.1, 0.15) is 0 Å². The zero-order valence-corrected chi connectivity index (χ0v) is 25.0. The highest BCUT2D eigenvalue weighted by atomic mass is 32.2. The molecule has 0 saturated heterocycles. The predicted molar refractivity (Wildman–Crippen MR) is 165 cm³/mol. The maximum Gasteiger partial charge on any atom is 0.124 e. The van der Waals surface area contributed by atoms with Gasteiger partial charge in [-0.25, -0.2) is 16.8 Å². The summed E-state index contributed by atoms with van der Waals surface area (Å²) in [6.45, 7) is 0. The summed E-state index contributed by atoms with van der Waals surface area (Å²) in [7, 11) is -9.03. The molecule has 0 aromatic heterocycles. The molecule has 14 nitrogen and oxygen atoms in total. The Bertz CT molecular complexity index is 1990. The van der Waals surface area contributed by atoms with Crippen molar-refractivity contribution in [3.05, 3.63) is 121 Å². The summed E-state index contributed by atoms with van der Waals surface area (Å²) in [4.78, 5) is -0.671. The van der Waals surface area contributed by atoms with E-state index in [0.717, 1.165) is 0 Å². The lowest BCUT2D eigenvalue weighted by molar-refractivity contribution is 0.461. The molecule has 0 heterocycles. The Morgan fingerprint density at radius 1 is 0.283 bits per heavy atom. The van der Waals surface area contributed by atoms with Gasteiger partial charge in [-0.15, -0.1) is 0 Å². The van der Waals surface area contributed by atoms with E-state index in [1.54, 1.807) is 72.8 Å². The molecular formula is C30H20N8O6S2-2. The predicted octanol–water partition coefficient (Wildman–Crippen LogP) is 9.16.